The molecule has 0 atom stereocenters. The summed E-state index contributed by atoms with van der Waals surface area (Å²) >= 11 is 0. The van der Waals surface area contributed by atoms with Crippen molar-refractivity contribution in [2.45, 2.75) is 6.54 Å². The van der Waals surface area contributed by atoms with Crippen LogP contribution in [0.5, 0.6) is 0 Å². The van der Waals surface area contributed by atoms with E-state index in [0.717, 1.165) is 27.8 Å². The van der Waals surface area contributed by atoms with Crippen molar-refractivity contribution < 1.29 is 8.81 Å². The predicted octanol–water partition coefficient (Wildman–Crippen LogP) is 6.79. The zero-order chi connectivity index (χ0) is 20.1. The summed E-state index contributed by atoms with van der Waals surface area (Å²) in [6.07, 6.45) is 0. The summed E-state index contributed by atoms with van der Waals surface area (Å²) in [7, 11) is 0. The zero-order valence-electron chi connectivity index (χ0n) is 16.0. The van der Waals surface area contributed by atoms with Crippen molar-refractivity contribution in [2.75, 3.05) is 0 Å². The second kappa shape index (κ2) is 6.56. The molecule has 0 N–H and O–H groups in total. The molecule has 4 heteroatoms. The Hall–Kier alpha value is -3.92. The lowest BCUT2D eigenvalue weighted by Crippen LogP contribution is -2.02. The molecule has 0 spiro atoms. The van der Waals surface area contributed by atoms with Gasteiger partial charge in [-0.2, -0.15) is 0 Å². The number of nitrogens with zero attached hydrogens (tertiary/aromatic N) is 2. The molecule has 4 aromatic carbocycles. The molecule has 2 heterocycles. The van der Waals surface area contributed by atoms with Gasteiger partial charge in [0.25, 0.3) is 0 Å². The average molecular weight is 392 g/mol. The van der Waals surface area contributed by atoms with Crippen molar-refractivity contribution in [1.29, 1.82) is 0 Å². The number of rotatable bonds is 3. The third kappa shape index (κ3) is 2.54. The van der Waals surface area contributed by atoms with Crippen LogP contribution in [0.15, 0.2) is 95.4 Å². The molecule has 30 heavy (non-hydrogen) atoms. The van der Waals surface area contributed by atoms with Crippen molar-refractivity contribution in [3.05, 3.63) is 102 Å². The quantitative estimate of drug-likeness (QED) is 0.332. The first-order valence-electron chi connectivity index (χ1n) is 9.89. The van der Waals surface area contributed by atoms with Gasteiger partial charge in [-0.3, -0.25) is 0 Å². The summed E-state index contributed by atoms with van der Waals surface area (Å²) in [5, 5.41) is 1.28. The third-order valence-electron chi connectivity index (χ3n) is 5.55. The Balaban J connectivity index is 1.67. The first-order chi connectivity index (χ1) is 14.8. The molecule has 0 saturated carbocycles. The molecule has 0 aliphatic rings. The Bertz CT molecular complexity index is 1530. The number of fused-ring (bicyclic) bond motifs is 4. The van der Waals surface area contributed by atoms with Crippen LogP contribution in [0.2, 0.25) is 0 Å². The minimum absolute atomic E-state index is 0.288. The van der Waals surface area contributed by atoms with Gasteiger partial charge in [0, 0.05) is 11.9 Å². The molecule has 0 unspecified atom stereocenters. The highest BCUT2D eigenvalue weighted by Crippen LogP contribution is 2.38. The average Bonchev–Trinajstić information content (AvgIpc) is 3.34. The second-order valence-electron chi connectivity index (χ2n) is 7.39. The van der Waals surface area contributed by atoms with Gasteiger partial charge in [-0.15, -0.1) is 0 Å². The minimum atomic E-state index is -0.288. The summed E-state index contributed by atoms with van der Waals surface area (Å²) in [5.41, 5.74) is 5.09. The Morgan fingerprint density at radius 3 is 2.47 bits per heavy atom. The molecule has 0 saturated heterocycles. The smallest absolute Gasteiger partial charge is 0.149 e. The van der Waals surface area contributed by atoms with Crippen LogP contribution in [0.1, 0.15) is 5.56 Å². The van der Waals surface area contributed by atoms with Crippen molar-refractivity contribution in [2.24, 2.45) is 0 Å². The van der Waals surface area contributed by atoms with E-state index in [0.29, 0.717) is 23.1 Å². The summed E-state index contributed by atoms with van der Waals surface area (Å²) < 4.78 is 23.1. The van der Waals surface area contributed by atoms with Gasteiger partial charge in [0.2, 0.25) is 0 Å². The standard InChI is InChI=1S/C26H17FN2O/c27-20-15-14-19(25-24(20)18-10-4-7-13-23(18)30-25)26-28-21-11-5-6-12-22(21)29(26)16-17-8-2-1-3-9-17/h1-15H,16H2. The number of hydrogen-bond donors (Lipinski definition) is 0. The number of para-hydroxylation sites is 3. The fraction of sp³-hybridized carbons (Fsp3) is 0.0385. The van der Waals surface area contributed by atoms with Crippen molar-refractivity contribution in [3.8, 4) is 11.4 Å². The zero-order valence-corrected chi connectivity index (χ0v) is 16.0. The van der Waals surface area contributed by atoms with E-state index in [-0.39, 0.29) is 5.82 Å². The lowest BCUT2D eigenvalue weighted by atomic mass is 10.1. The van der Waals surface area contributed by atoms with Gasteiger partial charge in [0.05, 0.1) is 22.0 Å². The van der Waals surface area contributed by atoms with Gasteiger partial charge in [-0.1, -0.05) is 60.7 Å². The van der Waals surface area contributed by atoms with Gasteiger partial charge in [-0.25, -0.2) is 9.37 Å². The Morgan fingerprint density at radius 2 is 1.57 bits per heavy atom. The normalized spacial score (nSPS) is 11.6. The van der Waals surface area contributed by atoms with E-state index >= 15 is 0 Å². The minimum Gasteiger partial charge on any atom is -0.455 e. The molecule has 144 valence electrons. The van der Waals surface area contributed by atoms with E-state index < -0.39 is 0 Å². The number of aromatic nitrogens is 2. The highest BCUT2D eigenvalue weighted by atomic mass is 19.1. The lowest BCUT2D eigenvalue weighted by molar-refractivity contribution is 0.634. The van der Waals surface area contributed by atoms with Crippen LogP contribution in [-0.2, 0) is 6.54 Å². The molecule has 0 amide bonds. The molecular formula is C26H17FN2O. The van der Waals surface area contributed by atoms with Gasteiger partial charge >= 0.3 is 0 Å². The van der Waals surface area contributed by atoms with Crippen molar-refractivity contribution in [3.63, 3.8) is 0 Å². The highest BCUT2D eigenvalue weighted by Gasteiger charge is 2.20. The van der Waals surface area contributed by atoms with E-state index in [9.17, 15) is 4.39 Å². The Kier molecular flexibility index (Phi) is 3.71. The van der Waals surface area contributed by atoms with Crippen LogP contribution in [0.3, 0.4) is 0 Å². The van der Waals surface area contributed by atoms with Crippen molar-refractivity contribution >= 4 is 33.0 Å². The van der Waals surface area contributed by atoms with E-state index in [4.69, 9.17) is 9.40 Å². The van der Waals surface area contributed by atoms with Crippen LogP contribution >= 0.6 is 0 Å². The summed E-state index contributed by atoms with van der Waals surface area (Å²) in [4.78, 5) is 4.91. The Labute approximate surface area is 172 Å². The summed E-state index contributed by atoms with van der Waals surface area (Å²) in [6, 6.07) is 29.1. The van der Waals surface area contributed by atoms with Crippen LogP contribution < -0.4 is 0 Å². The number of hydrogen-bond acceptors (Lipinski definition) is 2. The number of benzene rings is 4. The first kappa shape index (κ1) is 17.0. The van der Waals surface area contributed by atoms with Gasteiger partial charge in [0.15, 0.2) is 0 Å². The predicted molar refractivity (Wildman–Crippen MR) is 118 cm³/mol. The maximum atomic E-state index is 14.8. The molecule has 0 aliphatic carbocycles. The molecule has 2 aromatic heterocycles. The number of halogens is 1. The van der Waals surface area contributed by atoms with Crippen LogP contribution in [-0.4, -0.2) is 9.55 Å². The van der Waals surface area contributed by atoms with Crippen LogP contribution in [0.25, 0.3) is 44.4 Å². The van der Waals surface area contributed by atoms with Gasteiger partial charge in [0.1, 0.15) is 22.8 Å². The fourth-order valence-electron chi connectivity index (χ4n) is 4.17. The lowest BCUT2D eigenvalue weighted by Gasteiger charge is -2.10. The van der Waals surface area contributed by atoms with Crippen LogP contribution in [0, 0.1) is 5.82 Å². The highest BCUT2D eigenvalue weighted by molar-refractivity contribution is 6.09. The molecule has 0 aliphatic heterocycles. The third-order valence-corrected chi connectivity index (χ3v) is 5.55. The number of furan rings is 1. The maximum Gasteiger partial charge on any atom is 0.149 e. The summed E-state index contributed by atoms with van der Waals surface area (Å²) in [6.45, 7) is 0.662. The molecule has 3 nitrogen and oxygen atoms in total. The van der Waals surface area contributed by atoms with E-state index in [2.05, 4.69) is 22.8 Å². The fourth-order valence-corrected chi connectivity index (χ4v) is 4.17. The second-order valence-corrected chi connectivity index (χ2v) is 7.39. The molecule has 6 rings (SSSR count). The van der Waals surface area contributed by atoms with E-state index in [1.54, 1.807) is 6.07 Å². The van der Waals surface area contributed by atoms with Crippen molar-refractivity contribution in [1.82, 2.24) is 9.55 Å². The summed E-state index contributed by atoms with van der Waals surface area (Å²) in [5.74, 6) is 0.480. The van der Waals surface area contributed by atoms with Gasteiger partial charge in [-0.05, 0) is 35.9 Å². The topological polar surface area (TPSA) is 31.0 Å². The van der Waals surface area contributed by atoms with E-state index in [1.807, 2.05) is 60.7 Å². The molecule has 6 aromatic rings. The maximum absolute atomic E-state index is 14.8. The van der Waals surface area contributed by atoms with Gasteiger partial charge < -0.3 is 8.98 Å². The molecular weight excluding hydrogens is 375 g/mol. The first-order valence-corrected chi connectivity index (χ1v) is 9.89. The number of imidazole rings is 1. The SMILES string of the molecule is Fc1ccc(-c2nc3ccccc3n2Cc2ccccc2)c2oc3ccccc3c12. The Morgan fingerprint density at radius 1 is 0.800 bits per heavy atom. The van der Waals surface area contributed by atoms with E-state index in [1.165, 1.54) is 11.6 Å². The monoisotopic (exact) mass is 392 g/mol. The van der Waals surface area contributed by atoms with Crippen LogP contribution in [0.4, 0.5) is 4.39 Å². The molecule has 0 radical (unpaired) electrons. The molecule has 0 bridgehead atoms. The largest absolute Gasteiger partial charge is 0.455 e. The molecule has 0 fully saturated rings.